The number of rotatable bonds is 2. The molecule has 0 radical (unpaired) electrons. The van der Waals surface area contributed by atoms with Crippen molar-refractivity contribution in [2.75, 3.05) is 7.11 Å². The number of nitrogens with zero attached hydrogens (tertiary/aromatic N) is 3. The topological polar surface area (TPSA) is 56.5 Å². The van der Waals surface area contributed by atoms with Crippen LogP contribution in [0.25, 0.3) is 5.65 Å². The van der Waals surface area contributed by atoms with Gasteiger partial charge in [-0.05, 0) is 6.07 Å². The summed E-state index contributed by atoms with van der Waals surface area (Å²) in [7, 11) is 1.52. The van der Waals surface area contributed by atoms with Crippen molar-refractivity contribution in [3.05, 3.63) is 24.0 Å². The molecule has 13 heavy (non-hydrogen) atoms. The van der Waals surface area contributed by atoms with Gasteiger partial charge >= 0.3 is 0 Å². The summed E-state index contributed by atoms with van der Waals surface area (Å²) in [6.45, 7) is 0. The summed E-state index contributed by atoms with van der Waals surface area (Å²) in [5.74, 6) is 0.452. The predicted octanol–water partition coefficient (Wildman–Crippen LogP) is 0.550. The van der Waals surface area contributed by atoms with Crippen molar-refractivity contribution < 1.29 is 9.53 Å². The summed E-state index contributed by atoms with van der Waals surface area (Å²) in [6.07, 6.45) is 2.17. The Morgan fingerprint density at radius 3 is 3.08 bits per heavy atom. The van der Waals surface area contributed by atoms with E-state index < -0.39 is 0 Å². The Hall–Kier alpha value is -1.91. The predicted molar refractivity (Wildman–Crippen MR) is 44.9 cm³/mol. The van der Waals surface area contributed by atoms with Crippen molar-refractivity contribution in [3.8, 4) is 5.88 Å². The van der Waals surface area contributed by atoms with Crippen LogP contribution in [0.1, 0.15) is 10.5 Å². The van der Waals surface area contributed by atoms with Crippen LogP contribution in [0.4, 0.5) is 0 Å². The molecule has 5 nitrogen and oxygen atoms in total. The van der Waals surface area contributed by atoms with Gasteiger partial charge in [-0.1, -0.05) is 0 Å². The van der Waals surface area contributed by atoms with Gasteiger partial charge in [0.25, 0.3) is 0 Å². The first-order chi connectivity index (χ1) is 6.35. The number of methoxy groups -OCH3 is 1. The van der Waals surface area contributed by atoms with Crippen molar-refractivity contribution in [1.82, 2.24) is 14.6 Å². The lowest BCUT2D eigenvalue weighted by molar-refractivity contribution is 0.111. The smallest absolute Gasteiger partial charge is 0.231 e. The van der Waals surface area contributed by atoms with E-state index in [9.17, 15) is 4.79 Å². The molecular weight excluding hydrogens is 170 g/mol. The van der Waals surface area contributed by atoms with Crippen LogP contribution in [-0.4, -0.2) is 28.0 Å². The molecule has 0 saturated heterocycles. The summed E-state index contributed by atoms with van der Waals surface area (Å²) in [4.78, 5) is 14.5. The highest BCUT2D eigenvalue weighted by Gasteiger charge is 2.03. The van der Waals surface area contributed by atoms with Gasteiger partial charge in [-0.2, -0.15) is 0 Å². The molecule has 0 fully saturated rings. The zero-order valence-corrected chi connectivity index (χ0v) is 6.97. The third-order valence-electron chi connectivity index (χ3n) is 1.69. The van der Waals surface area contributed by atoms with Crippen molar-refractivity contribution in [3.63, 3.8) is 0 Å². The fourth-order valence-electron chi connectivity index (χ4n) is 1.06. The molecule has 2 aromatic heterocycles. The number of carbonyl (C=O) groups excluding carboxylic acids is 1. The number of aromatic nitrogens is 3. The van der Waals surface area contributed by atoms with E-state index in [1.807, 2.05) is 0 Å². The normalized spacial score (nSPS) is 10.2. The Labute approximate surface area is 74.0 Å². The van der Waals surface area contributed by atoms with Gasteiger partial charge in [0.05, 0.1) is 13.3 Å². The molecule has 2 rings (SSSR count). The minimum atomic E-state index is 0.411. The first-order valence-electron chi connectivity index (χ1n) is 3.69. The van der Waals surface area contributed by atoms with Gasteiger partial charge in [0.1, 0.15) is 5.69 Å². The van der Waals surface area contributed by atoms with E-state index in [-0.39, 0.29) is 0 Å². The average molecular weight is 177 g/mol. The summed E-state index contributed by atoms with van der Waals surface area (Å²) < 4.78 is 6.35. The second kappa shape index (κ2) is 2.85. The molecule has 0 aromatic carbocycles. The lowest BCUT2D eigenvalue weighted by Crippen LogP contribution is -1.98. The highest BCUT2D eigenvalue weighted by molar-refractivity contribution is 5.73. The Bertz CT molecular complexity index is 450. The summed E-state index contributed by atoms with van der Waals surface area (Å²) in [6, 6.07) is 3.43. The van der Waals surface area contributed by atoms with Crippen molar-refractivity contribution in [2.24, 2.45) is 0 Å². The Kier molecular flexibility index (Phi) is 1.70. The van der Waals surface area contributed by atoms with Crippen molar-refractivity contribution in [1.29, 1.82) is 0 Å². The number of hydrogen-bond donors (Lipinski definition) is 0. The molecule has 66 valence electrons. The van der Waals surface area contributed by atoms with Gasteiger partial charge in [0.15, 0.2) is 11.9 Å². The van der Waals surface area contributed by atoms with Crippen LogP contribution in [-0.2, 0) is 0 Å². The molecule has 2 heterocycles. The minimum absolute atomic E-state index is 0.411. The fraction of sp³-hybridized carbons (Fsp3) is 0.125. The van der Waals surface area contributed by atoms with Crippen LogP contribution in [0, 0.1) is 0 Å². The third kappa shape index (κ3) is 1.14. The number of hydrogen-bond acceptors (Lipinski definition) is 4. The van der Waals surface area contributed by atoms with E-state index in [0.29, 0.717) is 23.5 Å². The average Bonchev–Trinajstić information content (AvgIpc) is 2.59. The molecular formula is C8H7N3O2. The molecule has 0 aliphatic heterocycles. The molecule has 0 aliphatic rings. The van der Waals surface area contributed by atoms with Crippen LogP contribution in [0.3, 0.4) is 0 Å². The zero-order chi connectivity index (χ0) is 9.26. The Morgan fingerprint density at radius 1 is 1.54 bits per heavy atom. The molecule has 2 aromatic rings. The Balaban J connectivity index is 2.71. The van der Waals surface area contributed by atoms with Gasteiger partial charge in [-0.15, -0.1) is 5.10 Å². The lowest BCUT2D eigenvalue weighted by Gasteiger charge is -1.98. The second-order valence-electron chi connectivity index (χ2n) is 2.45. The molecule has 0 amide bonds. The Morgan fingerprint density at radius 2 is 2.38 bits per heavy atom. The molecule has 5 heteroatoms. The maximum Gasteiger partial charge on any atom is 0.231 e. The van der Waals surface area contributed by atoms with Crippen LogP contribution in [0.5, 0.6) is 5.88 Å². The quantitative estimate of drug-likeness (QED) is 0.628. The summed E-state index contributed by atoms with van der Waals surface area (Å²) in [5.41, 5.74) is 1.04. The third-order valence-corrected chi connectivity index (χ3v) is 1.69. The standard InChI is InChI=1S/C8H7N3O2/c1-13-8-3-2-7-9-4-6(5-12)11(7)10-8/h2-5H,1H3. The minimum Gasteiger partial charge on any atom is -0.480 e. The van der Waals surface area contributed by atoms with Crippen LogP contribution in [0.2, 0.25) is 0 Å². The molecule has 0 spiro atoms. The van der Waals surface area contributed by atoms with Crippen LogP contribution < -0.4 is 4.74 Å². The summed E-state index contributed by atoms with van der Waals surface area (Å²) >= 11 is 0. The largest absolute Gasteiger partial charge is 0.480 e. The van der Waals surface area contributed by atoms with E-state index in [2.05, 4.69) is 10.1 Å². The molecule has 0 bridgehead atoms. The highest BCUT2D eigenvalue weighted by Crippen LogP contribution is 2.08. The monoisotopic (exact) mass is 177 g/mol. The van der Waals surface area contributed by atoms with E-state index in [1.165, 1.54) is 17.8 Å². The SMILES string of the molecule is COc1ccc2ncc(C=O)n2n1. The lowest BCUT2D eigenvalue weighted by atomic mass is 10.5. The molecule has 0 atom stereocenters. The maximum atomic E-state index is 10.5. The number of carbonyl (C=O) groups is 1. The fourth-order valence-corrected chi connectivity index (χ4v) is 1.06. The first kappa shape index (κ1) is 7.72. The number of ether oxygens (including phenoxy) is 1. The van der Waals surface area contributed by atoms with Gasteiger partial charge in [0, 0.05) is 6.07 Å². The maximum absolute atomic E-state index is 10.5. The van der Waals surface area contributed by atoms with Crippen LogP contribution in [0.15, 0.2) is 18.3 Å². The van der Waals surface area contributed by atoms with Gasteiger partial charge in [-0.3, -0.25) is 4.79 Å². The van der Waals surface area contributed by atoms with Gasteiger partial charge < -0.3 is 4.74 Å². The van der Waals surface area contributed by atoms with Crippen molar-refractivity contribution >= 4 is 11.9 Å². The molecule has 0 saturated carbocycles. The van der Waals surface area contributed by atoms with E-state index >= 15 is 0 Å². The van der Waals surface area contributed by atoms with Crippen LogP contribution >= 0.6 is 0 Å². The number of aldehydes is 1. The first-order valence-corrected chi connectivity index (χ1v) is 3.69. The number of fused-ring (bicyclic) bond motifs is 1. The molecule has 0 aliphatic carbocycles. The van der Waals surface area contributed by atoms with E-state index in [0.717, 1.165) is 0 Å². The molecule has 0 N–H and O–H groups in total. The summed E-state index contributed by atoms with van der Waals surface area (Å²) in [5, 5.41) is 4.03. The second-order valence-corrected chi connectivity index (χ2v) is 2.45. The van der Waals surface area contributed by atoms with Gasteiger partial charge in [0.2, 0.25) is 5.88 Å². The molecule has 0 unspecified atom stereocenters. The zero-order valence-electron chi connectivity index (χ0n) is 6.97. The van der Waals surface area contributed by atoms with E-state index in [1.54, 1.807) is 12.1 Å². The van der Waals surface area contributed by atoms with Gasteiger partial charge in [-0.25, -0.2) is 9.50 Å². The highest BCUT2D eigenvalue weighted by atomic mass is 16.5. The van der Waals surface area contributed by atoms with Crippen molar-refractivity contribution in [2.45, 2.75) is 0 Å². The van der Waals surface area contributed by atoms with E-state index in [4.69, 9.17) is 4.74 Å². The number of imidazole rings is 1.